The molecule has 1 rings (SSSR count). The molecule has 1 aliphatic carbocycles. The van der Waals surface area contributed by atoms with E-state index in [0.717, 1.165) is 0 Å². The Morgan fingerprint density at radius 3 is 2.44 bits per heavy atom. The summed E-state index contributed by atoms with van der Waals surface area (Å²) in [5.74, 6) is -0.189. The van der Waals surface area contributed by atoms with Gasteiger partial charge in [0.05, 0.1) is 6.61 Å². The van der Waals surface area contributed by atoms with Gasteiger partial charge < -0.3 is 15.4 Å². The largest absolute Gasteiger partial charge is 0.464 e. The molecule has 0 radical (unpaired) electrons. The highest BCUT2D eigenvalue weighted by molar-refractivity contribution is 5.90. The molecular formula is C11H20N2O3. The lowest BCUT2D eigenvalue weighted by Crippen LogP contribution is -2.51. The van der Waals surface area contributed by atoms with Crippen molar-refractivity contribution >= 4 is 12.0 Å². The van der Waals surface area contributed by atoms with E-state index in [1.165, 1.54) is 0 Å². The zero-order valence-electron chi connectivity index (χ0n) is 10.3. The molecule has 0 aromatic carbocycles. The van der Waals surface area contributed by atoms with Crippen molar-refractivity contribution in [3.63, 3.8) is 0 Å². The molecule has 0 aromatic heterocycles. The lowest BCUT2D eigenvalue weighted by atomic mass is 10.2. The molecule has 92 valence electrons. The van der Waals surface area contributed by atoms with Crippen LogP contribution in [-0.2, 0) is 9.53 Å². The molecule has 0 bridgehead atoms. The number of urea groups is 1. The molecule has 0 heterocycles. The van der Waals surface area contributed by atoms with E-state index in [4.69, 9.17) is 4.74 Å². The third-order valence-electron chi connectivity index (χ3n) is 2.71. The van der Waals surface area contributed by atoms with Crippen LogP contribution in [0.1, 0.15) is 34.1 Å². The van der Waals surface area contributed by atoms with Gasteiger partial charge in [-0.2, -0.15) is 0 Å². The van der Waals surface area contributed by atoms with Crippen molar-refractivity contribution in [3.8, 4) is 0 Å². The van der Waals surface area contributed by atoms with Gasteiger partial charge in [0, 0.05) is 6.04 Å². The van der Waals surface area contributed by atoms with Gasteiger partial charge in [-0.15, -0.1) is 0 Å². The van der Waals surface area contributed by atoms with Crippen LogP contribution in [0.3, 0.4) is 0 Å². The minimum atomic E-state index is -0.797. The number of esters is 1. The summed E-state index contributed by atoms with van der Waals surface area (Å²) >= 11 is 0. The van der Waals surface area contributed by atoms with Crippen LogP contribution in [0.5, 0.6) is 0 Å². The second-order valence-electron chi connectivity index (χ2n) is 4.55. The van der Waals surface area contributed by atoms with Crippen LogP contribution in [0.25, 0.3) is 0 Å². The molecular weight excluding hydrogens is 208 g/mol. The van der Waals surface area contributed by atoms with E-state index in [1.54, 1.807) is 6.92 Å². The van der Waals surface area contributed by atoms with Gasteiger partial charge in [0.1, 0.15) is 5.54 Å². The molecule has 5 heteroatoms. The Morgan fingerprint density at radius 1 is 1.50 bits per heavy atom. The summed E-state index contributed by atoms with van der Waals surface area (Å²) in [5.41, 5.74) is -0.797. The molecule has 0 spiro atoms. The van der Waals surface area contributed by atoms with Crippen LogP contribution in [0.15, 0.2) is 0 Å². The minimum Gasteiger partial charge on any atom is -0.464 e. The molecule has 0 aliphatic heterocycles. The number of rotatable bonds is 4. The number of hydrogen-bond acceptors (Lipinski definition) is 3. The van der Waals surface area contributed by atoms with Gasteiger partial charge in [-0.3, -0.25) is 0 Å². The van der Waals surface area contributed by atoms with Gasteiger partial charge >= 0.3 is 12.0 Å². The Kier molecular flexibility index (Phi) is 3.78. The van der Waals surface area contributed by atoms with Crippen LogP contribution >= 0.6 is 0 Å². The van der Waals surface area contributed by atoms with Gasteiger partial charge in [-0.05, 0) is 33.1 Å². The van der Waals surface area contributed by atoms with Gasteiger partial charge in [0.2, 0.25) is 0 Å². The third-order valence-corrected chi connectivity index (χ3v) is 2.71. The quantitative estimate of drug-likeness (QED) is 0.706. The zero-order valence-corrected chi connectivity index (χ0v) is 10.3. The first-order chi connectivity index (χ1) is 7.42. The maximum Gasteiger partial charge on any atom is 0.332 e. The Labute approximate surface area is 95.9 Å². The van der Waals surface area contributed by atoms with E-state index in [-0.39, 0.29) is 24.0 Å². The predicted octanol–water partition coefficient (Wildman–Crippen LogP) is 1.04. The molecule has 2 N–H and O–H groups in total. The molecule has 1 fully saturated rings. The maximum atomic E-state index is 11.7. The fourth-order valence-corrected chi connectivity index (χ4v) is 1.69. The predicted molar refractivity (Wildman–Crippen MR) is 59.9 cm³/mol. The third kappa shape index (κ3) is 2.65. The van der Waals surface area contributed by atoms with Crippen molar-refractivity contribution in [1.29, 1.82) is 0 Å². The molecule has 2 unspecified atom stereocenters. The van der Waals surface area contributed by atoms with Crippen molar-refractivity contribution in [3.05, 3.63) is 0 Å². The van der Waals surface area contributed by atoms with Gasteiger partial charge in [-0.1, -0.05) is 6.92 Å². The smallest absolute Gasteiger partial charge is 0.332 e. The summed E-state index contributed by atoms with van der Waals surface area (Å²) in [6.45, 7) is 7.75. The number of nitrogens with one attached hydrogen (secondary N) is 2. The average Bonchev–Trinajstić information content (AvgIpc) is 2.76. The summed E-state index contributed by atoms with van der Waals surface area (Å²) in [5, 5.41) is 5.41. The molecule has 0 aromatic rings. The lowest BCUT2D eigenvalue weighted by molar-refractivity contribution is -0.147. The molecule has 2 atom stereocenters. The Bertz CT molecular complexity index is 291. The summed E-state index contributed by atoms with van der Waals surface area (Å²) < 4.78 is 4.96. The highest BCUT2D eigenvalue weighted by atomic mass is 16.5. The van der Waals surface area contributed by atoms with Crippen molar-refractivity contribution < 1.29 is 14.3 Å². The molecule has 1 saturated carbocycles. The summed E-state index contributed by atoms with van der Waals surface area (Å²) in [6, 6.07) is -0.263. The molecule has 5 nitrogen and oxygen atoms in total. The summed E-state index contributed by atoms with van der Waals surface area (Å²) in [7, 11) is 0. The fraction of sp³-hybridized carbons (Fsp3) is 0.818. The number of hydrogen-bond donors (Lipinski definition) is 2. The SMILES string of the molecule is CCOC(=O)C1(NC(=O)NC(C)C)CC1C. The van der Waals surface area contributed by atoms with E-state index in [2.05, 4.69) is 10.6 Å². The van der Waals surface area contributed by atoms with Crippen LogP contribution in [-0.4, -0.2) is 30.2 Å². The van der Waals surface area contributed by atoms with Crippen LogP contribution in [0.2, 0.25) is 0 Å². The van der Waals surface area contributed by atoms with E-state index in [0.29, 0.717) is 13.0 Å². The van der Waals surface area contributed by atoms with Crippen LogP contribution in [0.4, 0.5) is 4.79 Å². The van der Waals surface area contributed by atoms with E-state index in [9.17, 15) is 9.59 Å². The number of carbonyl (C=O) groups excluding carboxylic acids is 2. The highest BCUT2D eigenvalue weighted by Crippen LogP contribution is 2.43. The second kappa shape index (κ2) is 4.72. The van der Waals surface area contributed by atoms with Crippen molar-refractivity contribution in [2.75, 3.05) is 6.61 Å². The van der Waals surface area contributed by atoms with Crippen molar-refractivity contribution in [2.45, 2.75) is 45.7 Å². The van der Waals surface area contributed by atoms with Gasteiger partial charge in [-0.25, -0.2) is 9.59 Å². The van der Waals surface area contributed by atoms with Gasteiger partial charge in [0.25, 0.3) is 0 Å². The number of ether oxygens (including phenoxy) is 1. The molecule has 1 aliphatic rings. The van der Waals surface area contributed by atoms with Crippen LogP contribution < -0.4 is 10.6 Å². The maximum absolute atomic E-state index is 11.7. The highest BCUT2D eigenvalue weighted by Gasteiger charge is 2.60. The van der Waals surface area contributed by atoms with Crippen molar-refractivity contribution in [2.24, 2.45) is 5.92 Å². The standard InChI is InChI=1S/C11H20N2O3/c1-5-16-9(14)11(6-8(11)4)13-10(15)12-7(2)3/h7-8H,5-6H2,1-4H3,(H2,12,13,15). The number of amides is 2. The first-order valence-corrected chi connectivity index (χ1v) is 5.68. The topological polar surface area (TPSA) is 67.4 Å². The monoisotopic (exact) mass is 228 g/mol. The molecule has 2 amide bonds. The molecule has 16 heavy (non-hydrogen) atoms. The van der Waals surface area contributed by atoms with Crippen LogP contribution in [0, 0.1) is 5.92 Å². The Morgan fingerprint density at radius 2 is 2.06 bits per heavy atom. The zero-order chi connectivity index (χ0) is 12.3. The van der Waals surface area contributed by atoms with Gasteiger partial charge in [0.15, 0.2) is 0 Å². The summed E-state index contributed by atoms with van der Waals surface area (Å²) in [4.78, 5) is 23.2. The Hall–Kier alpha value is -1.26. The lowest BCUT2D eigenvalue weighted by Gasteiger charge is -2.18. The average molecular weight is 228 g/mol. The molecule has 0 saturated heterocycles. The second-order valence-corrected chi connectivity index (χ2v) is 4.55. The first kappa shape index (κ1) is 12.8. The van der Waals surface area contributed by atoms with Crippen molar-refractivity contribution in [1.82, 2.24) is 10.6 Å². The normalized spacial score (nSPS) is 27.4. The fourth-order valence-electron chi connectivity index (χ4n) is 1.69. The summed E-state index contributed by atoms with van der Waals surface area (Å²) in [6.07, 6.45) is 0.650. The van der Waals surface area contributed by atoms with E-state index >= 15 is 0 Å². The first-order valence-electron chi connectivity index (χ1n) is 5.68. The minimum absolute atomic E-state index is 0.0494. The van der Waals surface area contributed by atoms with E-state index in [1.807, 2.05) is 20.8 Å². The number of carbonyl (C=O) groups is 2. The Balaban J connectivity index is 2.55. The van der Waals surface area contributed by atoms with E-state index < -0.39 is 5.54 Å².